The highest BCUT2D eigenvalue weighted by molar-refractivity contribution is 6.14. The van der Waals surface area contributed by atoms with Gasteiger partial charge in [0.15, 0.2) is 5.76 Å². The van der Waals surface area contributed by atoms with E-state index in [0.717, 1.165) is 11.3 Å². The molecular formula is C22H16O6. The molecule has 2 heterocycles. The maximum absolute atomic E-state index is 12.6. The van der Waals surface area contributed by atoms with Crippen molar-refractivity contribution in [2.75, 3.05) is 6.61 Å². The molecule has 0 saturated carbocycles. The molecule has 0 fully saturated rings. The molecule has 140 valence electrons. The van der Waals surface area contributed by atoms with Crippen molar-refractivity contribution >= 4 is 17.8 Å². The highest BCUT2D eigenvalue weighted by Gasteiger charge is 2.28. The molecule has 1 aromatic heterocycles. The average molecular weight is 376 g/mol. The molecule has 0 radical (unpaired) electrons. The van der Waals surface area contributed by atoms with E-state index in [0.29, 0.717) is 17.9 Å². The van der Waals surface area contributed by atoms with Gasteiger partial charge in [0.2, 0.25) is 11.5 Å². The Morgan fingerprint density at radius 3 is 2.57 bits per heavy atom. The van der Waals surface area contributed by atoms with E-state index in [2.05, 4.69) is 0 Å². The molecule has 6 nitrogen and oxygen atoms in total. The molecular weight excluding hydrogens is 360 g/mol. The Labute approximate surface area is 160 Å². The zero-order chi connectivity index (χ0) is 19.5. The summed E-state index contributed by atoms with van der Waals surface area (Å²) in [5.41, 5.74) is 1.22. The number of carbonyl (C=O) groups excluding carboxylic acids is 2. The zero-order valence-electron chi connectivity index (χ0n) is 15.0. The van der Waals surface area contributed by atoms with Crippen LogP contribution < -0.4 is 14.2 Å². The second kappa shape index (κ2) is 7.44. The molecule has 0 unspecified atom stereocenters. The summed E-state index contributed by atoms with van der Waals surface area (Å²) in [4.78, 5) is 24.5. The van der Waals surface area contributed by atoms with Crippen LogP contribution in [0.25, 0.3) is 6.08 Å². The summed E-state index contributed by atoms with van der Waals surface area (Å²) < 4.78 is 21.3. The molecule has 3 aromatic rings. The minimum Gasteiger partial charge on any atom is -0.494 e. The van der Waals surface area contributed by atoms with E-state index in [1.54, 1.807) is 24.3 Å². The number of ketones is 1. The number of ether oxygens (including phenoxy) is 3. The van der Waals surface area contributed by atoms with Gasteiger partial charge in [0, 0.05) is 6.07 Å². The van der Waals surface area contributed by atoms with Gasteiger partial charge in [-0.25, -0.2) is 4.79 Å². The maximum Gasteiger partial charge on any atom is 0.379 e. The Balaban J connectivity index is 1.52. The van der Waals surface area contributed by atoms with E-state index in [9.17, 15) is 9.59 Å². The third-order valence-corrected chi connectivity index (χ3v) is 4.06. The van der Waals surface area contributed by atoms with Crippen molar-refractivity contribution in [3.8, 4) is 17.2 Å². The molecule has 1 aliphatic rings. The van der Waals surface area contributed by atoms with Crippen molar-refractivity contribution in [1.82, 2.24) is 0 Å². The minimum absolute atomic E-state index is 0.0913. The summed E-state index contributed by atoms with van der Waals surface area (Å²) >= 11 is 0. The van der Waals surface area contributed by atoms with E-state index in [1.165, 1.54) is 18.4 Å². The van der Waals surface area contributed by atoms with Gasteiger partial charge in [-0.2, -0.15) is 0 Å². The number of Topliss-reactive ketones (excluding diaryl/α,β-unsaturated/α-hetero) is 1. The average Bonchev–Trinajstić information content (AvgIpc) is 3.33. The molecule has 0 aliphatic carbocycles. The second-order valence-corrected chi connectivity index (χ2v) is 5.97. The third-order valence-electron chi connectivity index (χ3n) is 4.06. The van der Waals surface area contributed by atoms with E-state index < -0.39 is 5.97 Å². The molecule has 4 rings (SSSR count). The normalized spacial score (nSPS) is 13.9. The van der Waals surface area contributed by atoms with E-state index in [1.807, 2.05) is 31.2 Å². The lowest BCUT2D eigenvalue weighted by Gasteiger charge is -2.04. The Kier molecular flexibility index (Phi) is 4.68. The molecule has 0 saturated heterocycles. The molecule has 1 aliphatic heterocycles. The summed E-state index contributed by atoms with van der Waals surface area (Å²) in [6.07, 6.45) is 3.05. The molecule has 6 heteroatoms. The smallest absolute Gasteiger partial charge is 0.379 e. The number of fused-ring (bicyclic) bond motifs is 1. The predicted molar refractivity (Wildman–Crippen MR) is 101 cm³/mol. The maximum atomic E-state index is 12.6. The fourth-order valence-electron chi connectivity index (χ4n) is 2.76. The van der Waals surface area contributed by atoms with E-state index >= 15 is 0 Å². The summed E-state index contributed by atoms with van der Waals surface area (Å²) in [5, 5.41) is 0. The van der Waals surface area contributed by atoms with Gasteiger partial charge in [-0.3, -0.25) is 4.79 Å². The lowest BCUT2D eigenvalue weighted by molar-refractivity contribution is 0.0701. The van der Waals surface area contributed by atoms with E-state index in [-0.39, 0.29) is 23.1 Å². The molecule has 2 aromatic carbocycles. The number of benzene rings is 2. The van der Waals surface area contributed by atoms with Crippen LogP contribution in [0.5, 0.6) is 17.2 Å². The van der Waals surface area contributed by atoms with Crippen LogP contribution in [-0.4, -0.2) is 18.4 Å². The van der Waals surface area contributed by atoms with Crippen LogP contribution in [0.15, 0.2) is 71.0 Å². The first-order chi connectivity index (χ1) is 13.6. The van der Waals surface area contributed by atoms with Gasteiger partial charge in [-0.1, -0.05) is 12.1 Å². The predicted octanol–water partition coefficient (Wildman–Crippen LogP) is 4.51. The SMILES string of the molecule is CCOc1ccc(/C=C2\Oc3cc(OC(=O)c4ccco4)ccc3C2=O)cc1. The Morgan fingerprint density at radius 1 is 1.07 bits per heavy atom. The monoisotopic (exact) mass is 376 g/mol. The number of allylic oxidation sites excluding steroid dienone is 1. The summed E-state index contributed by atoms with van der Waals surface area (Å²) in [6.45, 7) is 2.50. The van der Waals surface area contributed by atoms with Gasteiger partial charge >= 0.3 is 5.97 Å². The molecule has 0 N–H and O–H groups in total. The van der Waals surface area contributed by atoms with Gasteiger partial charge in [0.05, 0.1) is 18.4 Å². The second-order valence-electron chi connectivity index (χ2n) is 5.97. The van der Waals surface area contributed by atoms with Crippen molar-refractivity contribution < 1.29 is 28.2 Å². The molecule has 0 amide bonds. The number of furan rings is 1. The number of hydrogen-bond acceptors (Lipinski definition) is 6. The van der Waals surface area contributed by atoms with E-state index in [4.69, 9.17) is 18.6 Å². The first kappa shape index (κ1) is 17.6. The number of carbonyl (C=O) groups is 2. The van der Waals surface area contributed by atoms with Crippen molar-refractivity contribution in [2.24, 2.45) is 0 Å². The van der Waals surface area contributed by atoms with Crippen LogP contribution in [0.3, 0.4) is 0 Å². The van der Waals surface area contributed by atoms with Crippen molar-refractivity contribution in [3.63, 3.8) is 0 Å². The highest BCUT2D eigenvalue weighted by Crippen LogP contribution is 2.35. The van der Waals surface area contributed by atoms with Gasteiger partial charge in [-0.05, 0) is 55.0 Å². The summed E-state index contributed by atoms with van der Waals surface area (Å²) in [7, 11) is 0. The third kappa shape index (κ3) is 3.53. The van der Waals surface area contributed by atoms with Crippen molar-refractivity contribution in [3.05, 3.63) is 83.5 Å². The summed E-state index contributed by atoms with van der Waals surface area (Å²) in [5.74, 6) is 0.797. The quantitative estimate of drug-likeness (QED) is 0.370. The van der Waals surface area contributed by atoms with Crippen molar-refractivity contribution in [2.45, 2.75) is 6.92 Å². The minimum atomic E-state index is -0.626. The Hall–Kier alpha value is -3.80. The Morgan fingerprint density at radius 2 is 1.86 bits per heavy atom. The molecule has 0 bridgehead atoms. The zero-order valence-corrected chi connectivity index (χ0v) is 15.0. The number of hydrogen-bond donors (Lipinski definition) is 0. The fourth-order valence-corrected chi connectivity index (χ4v) is 2.76. The van der Waals surface area contributed by atoms with Gasteiger partial charge < -0.3 is 18.6 Å². The largest absolute Gasteiger partial charge is 0.494 e. The lowest BCUT2D eigenvalue weighted by atomic mass is 10.1. The van der Waals surface area contributed by atoms with Crippen molar-refractivity contribution in [1.29, 1.82) is 0 Å². The van der Waals surface area contributed by atoms with Crippen LogP contribution in [-0.2, 0) is 0 Å². The van der Waals surface area contributed by atoms with Crippen LogP contribution in [0.2, 0.25) is 0 Å². The highest BCUT2D eigenvalue weighted by atomic mass is 16.5. The first-order valence-corrected chi connectivity index (χ1v) is 8.71. The summed E-state index contributed by atoms with van der Waals surface area (Å²) in [6, 6.07) is 15.1. The Bertz CT molecular complexity index is 1050. The van der Waals surface area contributed by atoms with Gasteiger partial charge in [0.1, 0.15) is 17.2 Å². The van der Waals surface area contributed by atoms with Crippen LogP contribution in [0.4, 0.5) is 0 Å². The van der Waals surface area contributed by atoms with Crippen LogP contribution in [0.1, 0.15) is 33.4 Å². The van der Waals surface area contributed by atoms with Crippen LogP contribution >= 0.6 is 0 Å². The van der Waals surface area contributed by atoms with Gasteiger partial charge in [0.25, 0.3) is 0 Å². The molecule has 28 heavy (non-hydrogen) atoms. The standard InChI is InChI=1S/C22H16O6/c1-2-25-15-7-5-14(6-8-15)12-20-21(23)17-10-9-16(13-19(17)28-20)27-22(24)18-4-3-11-26-18/h3-13H,2H2,1H3/b20-12-. The molecule has 0 atom stereocenters. The fraction of sp³-hybridized carbons (Fsp3) is 0.0909. The lowest BCUT2D eigenvalue weighted by Crippen LogP contribution is -2.07. The number of esters is 1. The number of rotatable bonds is 5. The molecule has 0 spiro atoms. The first-order valence-electron chi connectivity index (χ1n) is 8.71. The van der Waals surface area contributed by atoms with Gasteiger partial charge in [-0.15, -0.1) is 0 Å². The van der Waals surface area contributed by atoms with Crippen LogP contribution in [0, 0.1) is 0 Å². The topological polar surface area (TPSA) is 75.0 Å².